The number of amidine groups is 1. The molecular weight excluding hydrogens is 245 g/mol. The zero-order valence-electron chi connectivity index (χ0n) is 11.7. The van der Waals surface area contributed by atoms with Crippen molar-refractivity contribution in [1.29, 1.82) is 0 Å². The predicted molar refractivity (Wildman–Crippen MR) is 74.7 cm³/mol. The van der Waals surface area contributed by atoms with Gasteiger partial charge in [0, 0.05) is 18.2 Å². The minimum Gasteiger partial charge on any atom is -0.409 e. The molecule has 0 amide bonds. The standard InChI is InChI=1S/C14H22FN3O/c1-4-11(5-2)18(3)9-10-7-6-8-12(13(10)15)14(16)17-19/h6-8,11,19H,4-5,9H2,1-3H3,(H2,16,17). The van der Waals surface area contributed by atoms with Crippen LogP contribution in [-0.4, -0.2) is 29.0 Å². The van der Waals surface area contributed by atoms with Crippen molar-refractivity contribution in [1.82, 2.24) is 4.90 Å². The van der Waals surface area contributed by atoms with E-state index in [1.54, 1.807) is 12.1 Å². The summed E-state index contributed by atoms with van der Waals surface area (Å²) in [7, 11) is 1.98. The molecule has 4 nitrogen and oxygen atoms in total. The summed E-state index contributed by atoms with van der Waals surface area (Å²) in [5.74, 6) is -0.625. The summed E-state index contributed by atoms with van der Waals surface area (Å²) in [5.41, 5.74) is 6.14. The Labute approximate surface area is 113 Å². The Morgan fingerprint density at radius 3 is 2.58 bits per heavy atom. The normalized spacial score (nSPS) is 12.4. The summed E-state index contributed by atoms with van der Waals surface area (Å²) in [6, 6.07) is 5.37. The number of hydrogen-bond donors (Lipinski definition) is 2. The third kappa shape index (κ3) is 3.67. The van der Waals surface area contributed by atoms with Gasteiger partial charge in [-0.1, -0.05) is 31.1 Å². The molecule has 0 fully saturated rings. The van der Waals surface area contributed by atoms with Gasteiger partial charge in [-0.15, -0.1) is 0 Å². The monoisotopic (exact) mass is 267 g/mol. The smallest absolute Gasteiger partial charge is 0.173 e. The van der Waals surface area contributed by atoms with Crippen molar-refractivity contribution in [3.8, 4) is 0 Å². The molecule has 0 atom stereocenters. The number of rotatable bonds is 6. The van der Waals surface area contributed by atoms with Crippen LogP contribution < -0.4 is 5.73 Å². The lowest BCUT2D eigenvalue weighted by Crippen LogP contribution is -2.30. The van der Waals surface area contributed by atoms with Crippen LogP contribution in [0.4, 0.5) is 4.39 Å². The van der Waals surface area contributed by atoms with Crippen molar-refractivity contribution in [2.24, 2.45) is 10.9 Å². The van der Waals surface area contributed by atoms with Crippen molar-refractivity contribution in [3.05, 3.63) is 35.1 Å². The number of oxime groups is 1. The quantitative estimate of drug-likeness (QED) is 0.360. The lowest BCUT2D eigenvalue weighted by molar-refractivity contribution is 0.219. The van der Waals surface area contributed by atoms with E-state index in [9.17, 15) is 4.39 Å². The van der Waals surface area contributed by atoms with Gasteiger partial charge in [0.25, 0.3) is 0 Å². The van der Waals surface area contributed by atoms with Gasteiger partial charge < -0.3 is 10.9 Å². The summed E-state index contributed by atoms with van der Waals surface area (Å²) in [4.78, 5) is 2.12. The SMILES string of the molecule is CCC(CC)N(C)Cc1cccc(/C(N)=N/O)c1F. The summed E-state index contributed by atoms with van der Waals surface area (Å²) < 4.78 is 14.2. The van der Waals surface area contributed by atoms with Gasteiger partial charge in [-0.05, 0) is 26.0 Å². The van der Waals surface area contributed by atoms with Crippen LogP contribution in [0.2, 0.25) is 0 Å². The molecule has 0 aliphatic rings. The second-order valence-corrected chi connectivity index (χ2v) is 4.65. The van der Waals surface area contributed by atoms with Crippen LogP contribution >= 0.6 is 0 Å². The van der Waals surface area contributed by atoms with Gasteiger partial charge in [0.1, 0.15) is 5.82 Å². The van der Waals surface area contributed by atoms with Crippen molar-refractivity contribution in [2.75, 3.05) is 7.05 Å². The molecule has 3 N–H and O–H groups in total. The highest BCUT2D eigenvalue weighted by Gasteiger charge is 2.16. The molecule has 5 heteroatoms. The van der Waals surface area contributed by atoms with E-state index in [-0.39, 0.29) is 11.4 Å². The van der Waals surface area contributed by atoms with Gasteiger partial charge in [0.05, 0.1) is 5.56 Å². The summed E-state index contributed by atoms with van der Waals surface area (Å²) in [6.45, 7) is 4.74. The molecule has 106 valence electrons. The van der Waals surface area contributed by atoms with Crippen molar-refractivity contribution in [3.63, 3.8) is 0 Å². The van der Waals surface area contributed by atoms with Crippen LogP contribution in [0.25, 0.3) is 0 Å². The average Bonchev–Trinajstić information content (AvgIpc) is 2.41. The first-order valence-electron chi connectivity index (χ1n) is 6.50. The van der Waals surface area contributed by atoms with E-state index in [1.807, 2.05) is 7.05 Å². The van der Waals surface area contributed by atoms with Gasteiger partial charge in [-0.3, -0.25) is 4.90 Å². The molecule has 19 heavy (non-hydrogen) atoms. The van der Waals surface area contributed by atoms with Crippen molar-refractivity contribution in [2.45, 2.75) is 39.3 Å². The third-order valence-corrected chi connectivity index (χ3v) is 3.45. The third-order valence-electron chi connectivity index (χ3n) is 3.45. The van der Waals surface area contributed by atoms with E-state index in [0.29, 0.717) is 18.2 Å². The molecule has 1 rings (SSSR count). The number of benzene rings is 1. The van der Waals surface area contributed by atoms with Crippen LogP contribution in [-0.2, 0) is 6.54 Å². The van der Waals surface area contributed by atoms with Crippen LogP contribution in [0.15, 0.2) is 23.4 Å². The largest absolute Gasteiger partial charge is 0.409 e. The molecule has 0 saturated carbocycles. The van der Waals surface area contributed by atoms with E-state index < -0.39 is 5.82 Å². The van der Waals surface area contributed by atoms with Gasteiger partial charge in [-0.25, -0.2) is 4.39 Å². The number of halogens is 1. The lowest BCUT2D eigenvalue weighted by Gasteiger charge is -2.26. The van der Waals surface area contributed by atoms with Gasteiger partial charge in [0.15, 0.2) is 5.84 Å². The Hall–Kier alpha value is -1.62. The highest BCUT2D eigenvalue weighted by atomic mass is 19.1. The summed E-state index contributed by atoms with van der Waals surface area (Å²) in [5, 5.41) is 11.5. The van der Waals surface area contributed by atoms with Crippen molar-refractivity contribution < 1.29 is 9.60 Å². The maximum atomic E-state index is 14.2. The van der Waals surface area contributed by atoms with Crippen molar-refractivity contribution >= 4 is 5.84 Å². The highest BCUT2D eigenvalue weighted by Crippen LogP contribution is 2.17. The molecule has 0 bridgehead atoms. The van der Waals surface area contributed by atoms with Gasteiger partial charge in [0.2, 0.25) is 0 Å². The Morgan fingerprint density at radius 1 is 1.42 bits per heavy atom. The summed E-state index contributed by atoms with van der Waals surface area (Å²) >= 11 is 0. The Bertz CT molecular complexity index is 444. The number of nitrogens with two attached hydrogens (primary N) is 1. The fourth-order valence-electron chi connectivity index (χ4n) is 2.26. The zero-order chi connectivity index (χ0) is 14.4. The fourth-order valence-corrected chi connectivity index (χ4v) is 2.26. The lowest BCUT2D eigenvalue weighted by atomic mass is 10.1. The maximum absolute atomic E-state index is 14.2. The second kappa shape index (κ2) is 7.09. The van der Waals surface area contributed by atoms with Gasteiger partial charge in [-0.2, -0.15) is 0 Å². The fraction of sp³-hybridized carbons (Fsp3) is 0.500. The molecule has 0 heterocycles. The molecule has 1 aromatic rings. The summed E-state index contributed by atoms with van der Waals surface area (Å²) in [6.07, 6.45) is 2.04. The first-order chi connectivity index (χ1) is 9.04. The predicted octanol–water partition coefficient (Wildman–Crippen LogP) is 2.54. The minimum atomic E-state index is -0.421. The molecule has 0 aliphatic heterocycles. The van der Waals surface area contributed by atoms with Crippen LogP contribution in [0.1, 0.15) is 37.8 Å². The van der Waals surface area contributed by atoms with E-state index in [0.717, 1.165) is 12.8 Å². The van der Waals surface area contributed by atoms with Crippen LogP contribution in [0.5, 0.6) is 0 Å². The van der Waals surface area contributed by atoms with Crippen LogP contribution in [0.3, 0.4) is 0 Å². The molecule has 1 aromatic carbocycles. The van der Waals surface area contributed by atoms with Gasteiger partial charge >= 0.3 is 0 Å². The second-order valence-electron chi connectivity index (χ2n) is 4.65. The first-order valence-corrected chi connectivity index (χ1v) is 6.50. The van der Waals surface area contributed by atoms with E-state index in [1.165, 1.54) is 6.07 Å². The zero-order valence-corrected chi connectivity index (χ0v) is 11.7. The maximum Gasteiger partial charge on any atom is 0.173 e. The Kier molecular flexibility index (Phi) is 5.76. The Balaban J connectivity index is 2.96. The molecule has 0 radical (unpaired) electrons. The average molecular weight is 267 g/mol. The molecule has 0 spiro atoms. The molecular formula is C14H22FN3O. The topological polar surface area (TPSA) is 61.8 Å². The molecule has 0 aromatic heterocycles. The van der Waals surface area contributed by atoms with E-state index in [2.05, 4.69) is 23.9 Å². The van der Waals surface area contributed by atoms with E-state index >= 15 is 0 Å². The number of hydrogen-bond acceptors (Lipinski definition) is 3. The van der Waals surface area contributed by atoms with Crippen LogP contribution in [0, 0.1) is 5.82 Å². The minimum absolute atomic E-state index is 0.137. The molecule has 0 unspecified atom stereocenters. The molecule has 0 saturated heterocycles. The Morgan fingerprint density at radius 2 is 2.05 bits per heavy atom. The molecule has 0 aliphatic carbocycles. The first kappa shape index (κ1) is 15.4. The van der Waals surface area contributed by atoms with E-state index in [4.69, 9.17) is 10.9 Å². The highest BCUT2D eigenvalue weighted by molar-refractivity contribution is 5.97. The number of nitrogens with zero attached hydrogens (tertiary/aromatic N) is 2.